The van der Waals surface area contributed by atoms with Gasteiger partial charge in [0, 0.05) is 5.69 Å². The first-order valence-electron chi connectivity index (χ1n) is 10.9. The minimum Gasteiger partial charge on any atom is -0.493 e. The van der Waals surface area contributed by atoms with Gasteiger partial charge in [0.15, 0.2) is 18.1 Å². The highest BCUT2D eigenvalue weighted by Crippen LogP contribution is 2.39. The second-order valence-corrected chi connectivity index (χ2v) is 9.12. The SMILES string of the molecule is CCOC(=O)[C@H](C)N1C(=O)S/C(=C/c2cc(Cl)c(OCC(=O)Nc3ccc(C)cc3)c(OC)c2)C1=O. The Kier molecular flexibility index (Phi) is 9.00. The first kappa shape index (κ1) is 27.1. The van der Waals surface area contributed by atoms with Gasteiger partial charge < -0.3 is 19.5 Å². The first-order valence-corrected chi connectivity index (χ1v) is 12.1. The van der Waals surface area contributed by atoms with E-state index < -0.39 is 23.2 Å². The Morgan fingerprint density at radius 3 is 2.53 bits per heavy atom. The van der Waals surface area contributed by atoms with E-state index in [0.29, 0.717) is 23.0 Å². The van der Waals surface area contributed by atoms with Crippen LogP contribution in [-0.4, -0.2) is 54.3 Å². The number of nitrogens with zero attached hydrogens (tertiary/aromatic N) is 1. The van der Waals surface area contributed by atoms with Gasteiger partial charge in [0.05, 0.1) is 23.6 Å². The van der Waals surface area contributed by atoms with E-state index in [2.05, 4.69) is 5.32 Å². The Bertz CT molecular complexity index is 1210. The van der Waals surface area contributed by atoms with Crippen LogP contribution in [0.25, 0.3) is 6.08 Å². The lowest BCUT2D eigenvalue weighted by atomic mass is 10.1. The molecular formula is C25H25ClN2O7S. The van der Waals surface area contributed by atoms with E-state index in [1.165, 1.54) is 26.2 Å². The van der Waals surface area contributed by atoms with Gasteiger partial charge in [-0.05, 0) is 68.4 Å². The van der Waals surface area contributed by atoms with Gasteiger partial charge in [0.25, 0.3) is 17.1 Å². The minimum atomic E-state index is -1.05. The molecule has 0 bridgehead atoms. The van der Waals surface area contributed by atoms with Gasteiger partial charge in [-0.15, -0.1) is 0 Å². The molecule has 2 aromatic rings. The van der Waals surface area contributed by atoms with Gasteiger partial charge >= 0.3 is 5.97 Å². The number of hydrogen-bond donors (Lipinski definition) is 1. The van der Waals surface area contributed by atoms with Crippen molar-refractivity contribution in [1.82, 2.24) is 4.90 Å². The molecule has 1 aliphatic heterocycles. The van der Waals surface area contributed by atoms with Crippen LogP contribution in [0.15, 0.2) is 41.3 Å². The molecule has 1 fully saturated rings. The Morgan fingerprint density at radius 2 is 1.89 bits per heavy atom. The maximum Gasteiger partial charge on any atom is 0.329 e. The number of amides is 3. The zero-order valence-electron chi connectivity index (χ0n) is 20.1. The fraction of sp³-hybridized carbons (Fsp3) is 0.280. The van der Waals surface area contributed by atoms with E-state index in [1.54, 1.807) is 25.1 Å². The lowest BCUT2D eigenvalue weighted by Gasteiger charge is -2.19. The highest BCUT2D eigenvalue weighted by atomic mass is 35.5. The monoisotopic (exact) mass is 532 g/mol. The van der Waals surface area contributed by atoms with Crippen LogP contribution in [0, 0.1) is 6.92 Å². The molecule has 1 saturated heterocycles. The number of benzene rings is 2. The molecule has 0 radical (unpaired) electrons. The summed E-state index contributed by atoms with van der Waals surface area (Å²) < 4.78 is 15.9. The van der Waals surface area contributed by atoms with Crippen molar-refractivity contribution in [2.24, 2.45) is 0 Å². The Balaban J connectivity index is 1.74. The number of carbonyl (C=O) groups is 4. The van der Waals surface area contributed by atoms with E-state index in [1.807, 2.05) is 19.1 Å². The van der Waals surface area contributed by atoms with Crippen LogP contribution in [0.3, 0.4) is 0 Å². The van der Waals surface area contributed by atoms with E-state index >= 15 is 0 Å². The molecule has 0 spiro atoms. The van der Waals surface area contributed by atoms with Crippen molar-refractivity contribution in [3.05, 3.63) is 57.5 Å². The number of aryl methyl sites for hydroxylation is 1. The number of carbonyl (C=O) groups excluding carboxylic acids is 4. The average Bonchev–Trinajstić information content (AvgIpc) is 3.11. The fourth-order valence-electron chi connectivity index (χ4n) is 3.27. The molecular weight excluding hydrogens is 508 g/mol. The van der Waals surface area contributed by atoms with Crippen molar-refractivity contribution >= 4 is 58.1 Å². The maximum atomic E-state index is 12.8. The number of anilines is 1. The number of methoxy groups -OCH3 is 1. The third-order valence-electron chi connectivity index (χ3n) is 5.07. The van der Waals surface area contributed by atoms with Crippen LogP contribution in [0.1, 0.15) is 25.0 Å². The Hall–Kier alpha value is -3.50. The number of thioether (sulfide) groups is 1. The summed E-state index contributed by atoms with van der Waals surface area (Å²) in [5.41, 5.74) is 2.16. The second-order valence-electron chi connectivity index (χ2n) is 7.72. The lowest BCUT2D eigenvalue weighted by Crippen LogP contribution is -2.42. The molecule has 0 aromatic heterocycles. The van der Waals surface area contributed by atoms with Crippen molar-refractivity contribution < 1.29 is 33.4 Å². The molecule has 11 heteroatoms. The predicted octanol–water partition coefficient (Wildman–Crippen LogP) is 4.66. The molecule has 9 nitrogen and oxygen atoms in total. The summed E-state index contributed by atoms with van der Waals surface area (Å²) in [7, 11) is 1.41. The third kappa shape index (κ3) is 6.38. The standard InChI is InChI=1S/C25H25ClN2O7S/c1-5-34-24(31)15(3)28-23(30)20(36-25(28)32)12-16-10-18(26)22(19(11-16)33-4)35-13-21(29)27-17-8-6-14(2)7-9-17/h6-12,15H,5,13H2,1-4H3,(H,27,29)/b20-12+/t15-/m0/s1. The van der Waals surface area contributed by atoms with Gasteiger partial charge in [0.2, 0.25) is 0 Å². The van der Waals surface area contributed by atoms with Gasteiger partial charge in [-0.2, -0.15) is 0 Å². The maximum absolute atomic E-state index is 12.8. The Morgan fingerprint density at radius 1 is 1.19 bits per heavy atom. The molecule has 0 saturated carbocycles. The van der Waals surface area contributed by atoms with Crippen LogP contribution in [0.5, 0.6) is 11.5 Å². The van der Waals surface area contributed by atoms with Crippen LogP contribution >= 0.6 is 23.4 Å². The highest BCUT2D eigenvalue weighted by Gasteiger charge is 2.41. The molecule has 1 heterocycles. The summed E-state index contributed by atoms with van der Waals surface area (Å²) in [4.78, 5) is 50.4. The fourth-order valence-corrected chi connectivity index (χ4v) is 4.45. The molecule has 36 heavy (non-hydrogen) atoms. The van der Waals surface area contributed by atoms with Gasteiger partial charge in [-0.3, -0.25) is 19.3 Å². The average molecular weight is 533 g/mol. The topological polar surface area (TPSA) is 111 Å². The smallest absolute Gasteiger partial charge is 0.329 e. The summed E-state index contributed by atoms with van der Waals surface area (Å²) >= 11 is 7.09. The Labute approximate surface area is 217 Å². The molecule has 1 N–H and O–H groups in total. The van der Waals surface area contributed by atoms with Gasteiger partial charge in [-0.25, -0.2) is 4.79 Å². The van der Waals surface area contributed by atoms with Crippen LogP contribution in [-0.2, 0) is 19.1 Å². The summed E-state index contributed by atoms with van der Waals surface area (Å²) in [6.45, 7) is 4.84. The van der Waals surface area contributed by atoms with Gasteiger partial charge in [0.1, 0.15) is 6.04 Å². The predicted molar refractivity (Wildman–Crippen MR) is 137 cm³/mol. The molecule has 190 valence electrons. The normalized spacial score (nSPS) is 15.1. The van der Waals surface area contributed by atoms with Crippen molar-refractivity contribution in [2.45, 2.75) is 26.8 Å². The van der Waals surface area contributed by atoms with E-state index in [9.17, 15) is 19.2 Å². The second kappa shape index (κ2) is 12.0. The minimum absolute atomic E-state index is 0.111. The van der Waals surface area contributed by atoms with Crippen LogP contribution in [0.2, 0.25) is 5.02 Å². The van der Waals surface area contributed by atoms with Crippen molar-refractivity contribution in [3.8, 4) is 11.5 Å². The first-order chi connectivity index (χ1) is 17.1. The summed E-state index contributed by atoms with van der Waals surface area (Å²) in [6, 6.07) is 9.34. The zero-order valence-corrected chi connectivity index (χ0v) is 21.7. The zero-order chi connectivity index (χ0) is 26.4. The van der Waals surface area contributed by atoms with E-state index in [0.717, 1.165) is 10.5 Å². The molecule has 1 atom stereocenters. The molecule has 0 unspecified atom stereocenters. The molecule has 2 aromatic carbocycles. The third-order valence-corrected chi connectivity index (χ3v) is 6.24. The molecule has 3 rings (SSSR count). The summed E-state index contributed by atoms with van der Waals surface area (Å²) in [5.74, 6) is -1.28. The van der Waals surface area contributed by atoms with E-state index in [-0.39, 0.29) is 40.5 Å². The van der Waals surface area contributed by atoms with E-state index in [4.69, 9.17) is 25.8 Å². The van der Waals surface area contributed by atoms with Crippen molar-refractivity contribution in [2.75, 3.05) is 25.6 Å². The number of nitrogens with one attached hydrogen (secondary N) is 1. The number of rotatable bonds is 9. The largest absolute Gasteiger partial charge is 0.493 e. The molecule has 3 amide bonds. The van der Waals surface area contributed by atoms with Crippen LogP contribution < -0.4 is 14.8 Å². The van der Waals surface area contributed by atoms with Gasteiger partial charge in [-0.1, -0.05) is 29.3 Å². The van der Waals surface area contributed by atoms with Crippen LogP contribution in [0.4, 0.5) is 10.5 Å². The highest BCUT2D eigenvalue weighted by molar-refractivity contribution is 8.18. The molecule has 0 aliphatic carbocycles. The number of halogens is 1. The number of imide groups is 1. The van der Waals surface area contributed by atoms with Crippen molar-refractivity contribution in [3.63, 3.8) is 0 Å². The number of esters is 1. The summed E-state index contributed by atoms with van der Waals surface area (Å²) in [5, 5.41) is 2.29. The lowest BCUT2D eigenvalue weighted by molar-refractivity contribution is -0.150. The number of ether oxygens (including phenoxy) is 3. The quantitative estimate of drug-likeness (QED) is 0.366. The summed E-state index contributed by atoms with van der Waals surface area (Å²) in [6.07, 6.45) is 1.46. The van der Waals surface area contributed by atoms with Crippen molar-refractivity contribution in [1.29, 1.82) is 0 Å². The number of hydrogen-bond acceptors (Lipinski definition) is 8. The molecule has 1 aliphatic rings.